The monoisotopic (exact) mass is 560 g/mol. The Bertz CT molecular complexity index is 1070. The minimum Gasteiger partial charge on any atom is -0.465 e. The third-order valence-electron chi connectivity index (χ3n) is 9.51. The van der Waals surface area contributed by atoms with E-state index in [1.54, 1.807) is 26.8 Å². The van der Waals surface area contributed by atoms with Crippen molar-refractivity contribution in [1.29, 1.82) is 0 Å². The molecule has 7 atom stereocenters. The third-order valence-corrected chi connectivity index (χ3v) is 9.51. The zero-order chi connectivity index (χ0) is 29.8. The van der Waals surface area contributed by atoms with Crippen molar-refractivity contribution in [2.45, 2.75) is 118 Å². The zero-order valence-electron chi connectivity index (χ0n) is 25.2. The Morgan fingerprint density at radius 2 is 1.93 bits per heavy atom. The fourth-order valence-electron chi connectivity index (χ4n) is 6.39. The first-order valence-corrected chi connectivity index (χ1v) is 14.8. The van der Waals surface area contributed by atoms with Gasteiger partial charge in [-0.3, -0.25) is 9.59 Å². The van der Waals surface area contributed by atoms with Crippen LogP contribution in [-0.4, -0.2) is 52.5 Å². The Labute approximate surface area is 238 Å². The van der Waals surface area contributed by atoms with E-state index in [9.17, 15) is 24.6 Å². The number of allylic oxidation sites excluding steroid dienone is 1. The van der Waals surface area contributed by atoms with E-state index in [2.05, 4.69) is 13.8 Å². The molecule has 0 amide bonds. The van der Waals surface area contributed by atoms with E-state index in [4.69, 9.17) is 14.2 Å². The van der Waals surface area contributed by atoms with E-state index in [0.29, 0.717) is 29.7 Å². The topological polar surface area (TPSA) is 119 Å². The molecule has 3 rings (SSSR count). The number of ether oxygens (including phenoxy) is 3. The molecule has 0 bridgehead atoms. The fraction of sp³-hybridized carbons (Fsp3) is 0.719. The summed E-state index contributed by atoms with van der Waals surface area (Å²) in [7, 11) is 0. The summed E-state index contributed by atoms with van der Waals surface area (Å²) in [4.78, 5) is 36.9. The van der Waals surface area contributed by atoms with E-state index in [-0.39, 0.29) is 24.4 Å². The molecule has 1 aliphatic heterocycles. The predicted molar refractivity (Wildman–Crippen MR) is 151 cm³/mol. The van der Waals surface area contributed by atoms with Crippen LogP contribution in [0.5, 0.6) is 0 Å². The van der Waals surface area contributed by atoms with Gasteiger partial charge in [-0.15, -0.1) is 0 Å². The average Bonchev–Trinajstić information content (AvgIpc) is 3.16. The van der Waals surface area contributed by atoms with Crippen molar-refractivity contribution < 1.29 is 38.8 Å². The standard InChI is InChI=1S/C32H48O8/c1-8-9-10-11-12-24(18-38-23(6)33)15-19(2)28(34)22(5)30(36)40-27-14-13-20(3)31(7)16-25-21(4)29(35)39-26(25)17-32(27,31)37/h15,17,20,22,24,27-28,34,37H,8-14,16,18H2,1-7H3/b19-15+/t20-,22+,24?,27+,28+,31+,32-/m1/s1. The maximum absolute atomic E-state index is 13.3. The zero-order valence-corrected chi connectivity index (χ0v) is 25.2. The van der Waals surface area contributed by atoms with Gasteiger partial charge in [0.2, 0.25) is 0 Å². The summed E-state index contributed by atoms with van der Waals surface area (Å²) in [6, 6.07) is 0. The maximum atomic E-state index is 13.3. The molecular weight excluding hydrogens is 512 g/mol. The molecule has 8 nitrogen and oxygen atoms in total. The quantitative estimate of drug-likeness (QED) is 0.142. The number of carbonyl (C=O) groups is 3. The lowest BCUT2D eigenvalue weighted by atomic mass is 9.53. The van der Waals surface area contributed by atoms with Gasteiger partial charge in [0.15, 0.2) is 0 Å². The number of rotatable bonds is 12. The molecule has 1 saturated carbocycles. The van der Waals surface area contributed by atoms with Crippen molar-refractivity contribution in [1.82, 2.24) is 0 Å². The van der Waals surface area contributed by atoms with Gasteiger partial charge in [0.1, 0.15) is 17.5 Å². The summed E-state index contributed by atoms with van der Waals surface area (Å²) in [6.45, 7) is 12.9. The normalized spacial score (nSPS) is 30.5. The molecule has 0 aromatic carbocycles. The molecule has 224 valence electrons. The molecule has 0 spiro atoms. The van der Waals surface area contributed by atoms with Gasteiger partial charge >= 0.3 is 17.9 Å². The number of fused-ring (bicyclic) bond motifs is 2. The number of carbonyl (C=O) groups excluding carboxylic acids is 3. The SMILES string of the molecule is CCCCCCC(/C=C(\C)[C@H](O)[C@H](C)C(=O)O[C@H]1CC[C@@H](C)[C@]2(C)CC3=C(C)C(=O)OC3=C[C@@]12O)COC(C)=O. The predicted octanol–water partition coefficient (Wildman–Crippen LogP) is 5.32. The van der Waals surface area contributed by atoms with Gasteiger partial charge in [-0.05, 0) is 64.0 Å². The van der Waals surface area contributed by atoms with Gasteiger partial charge in [0.25, 0.3) is 0 Å². The highest BCUT2D eigenvalue weighted by atomic mass is 16.6. The Morgan fingerprint density at radius 1 is 1.23 bits per heavy atom. The van der Waals surface area contributed by atoms with E-state index in [1.807, 2.05) is 13.0 Å². The smallest absolute Gasteiger partial charge is 0.339 e. The lowest BCUT2D eigenvalue weighted by Gasteiger charge is -2.56. The van der Waals surface area contributed by atoms with Crippen LogP contribution in [0.3, 0.4) is 0 Å². The van der Waals surface area contributed by atoms with E-state index in [1.165, 1.54) is 6.92 Å². The summed E-state index contributed by atoms with van der Waals surface area (Å²) in [5.74, 6) is -1.84. The Kier molecular flexibility index (Phi) is 10.4. The van der Waals surface area contributed by atoms with Crippen LogP contribution in [0.4, 0.5) is 0 Å². The molecule has 0 aromatic rings. The maximum Gasteiger partial charge on any atom is 0.339 e. The van der Waals surface area contributed by atoms with Crippen molar-refractivity contribution in [2.24, 2.45) is 23.2 Å². The van der Waals surface area contributed by atoms with Crippen molar-refractivity contribution in [3.05, 3.63) is 34.6 Å². The number of hydrogen-bond donors (Lipinski definition) is 2. The molecule has 40 heavy (non-hydrogen) atoms. The van der Waals surface area contributed by atoms with E-state index < -0.39 is 41.1 Å². The van der Waals surface area contributed by atoms with Gasteiger partial charge in [-0.25, -0.2) is 4.79 Å². The number of unbranched alkanes of at least 4 members (excludes halogenated alkanes) is 3. The molecule has 3 aliphatic rings. The molecule has 2 aliphatic carbocycles. The first-order valence-electron chi connectivity index (χ1n) is 14.8. The first kappa shape index (κ1) is 32.1. The molecule has 1 fully saturated rings. The van der Waals surface area contributed by atoms with Crippen LogP contribution < -0.4 is 0 Å². The Morgan fingerprint density at radius 3 is 2.58 bits per heavy atom. The lowest BCUT2D eigenvalue weighted by molar-refractivity contribution is -0.202. The second-order valence-electron chi connectivity index (χ2n) is 12.4. The van der Waals surface area contributed by atoms with E-state index in [0.717, 1.165) is 44.1 Å². The van der Waals surface area contributed by atoms with Gasteiger partial charge < -0.3 is 24.4 Å². The van der Waals surface area contributed by atoms with Crippen LogP contribution in [-0.2, 0) is 28.6 Å². The van der Waals surface area contributed by atoms with Gasteiger partial charge in [0, 0.05) is 29.4 Å². The number of hydrogen-bond acceptors (Lipinski definition) is 8. The lowest BCUT2D eigenvalue weighted by Crippen LogP contribution is -2.62. The van der Waals surface area contributed by atoms with Crippen LogP contribution in [0.1, 0.15) is 99.8 Å². The average molecular weight is 561 g/mol. The summed E-state index contributed by atoms with van der Waals surface area (Å²) in [6.07, 6.45) is 8.31. The molecule has 2 N–H and O–H groups in total. The van der Waals surface area contributed by atoms with Gasteiger partial charge in [-0.2, -0.15) is 0 Å². The van der Waals surface area contributed by atoms with Crippen molar-refractivity contribution in [2.75, 3.05) is 6.61 Å². The minimum atomic E-state index is -1.52. The highest BCUT2D eigenvalue weighted by Gasteiger charge is 2.61. The van der Waals surface area contributed by atoms with Gasteiger partial charge in [0.05, 0.1) is 18.6 Å². The van der Waals surface area contributed by atoms with Crippen LogP contribution in [0.2, 0.25) is 0 Å². The molecule has 0 radical (unpaired) electrons. The van der Waals surface area contributed by atoms with Crippen molar-refractivity contribution >= 4 is 17.9 Å². The van der Waals surface area contributed by atoms with Crippen LogP contribution in [0.25, 0.3) is 0 Å². The van der Waals surface area contributed by atoms with Crippen LogP contribution in [0, 0.1) is 23.2 Å². The summed E-state index contributed by atoms with van der Waals surface area (Å²) < 4.78 is 16.6. The van der Waals surface area contributed by atoms with Gasteiger partial charge in [-0.1, -0.05) is 52.5 Å². The molecule has 1 heterocycles. The molecular formula is C32H48O8. The number of aliphatic hydroxyl groups is 2. The fourth-order valence-corrected chi connectivity index (χ4v) is 6.39. The summed E-state index contributed by atoms with van der Waals surface area (Å²) >= 11 is 0. The highest BCUT2D eigenvalue weighted by molar-refractivity contribution is 5.94. The summed E-state index contributed by atoms with van der Waals surface area (Å²) in [5.41, 5.74) is -0.215. The molecule has 8 heteroatoms. The third kappa shape index (κ3) is 6.54. The van der Waals surface area contributed by atoms with E-state index >= 15 is 0 Å². The van der Waals surface area contributed by atoms with Crippen molar-refractivity contribution in [3.63, 3.8) is 0 Å². The largest absolute Gasteiger partial charge is 0.465 e. The van der Waals surface area contributed by atoms with Crippen LogP contribution >= 0.6 is 0 Å². The second-order valence-corrected chi connectivity index (χ2v) is 12.4. The second kappa shape index (κ2) is 13.0. The number of aliphatic hydroxyl groups excluding tert-OH is 1. The first-order chi connectivity index (χ1) is 18.7. The Balaban J connectivity index is 1.75. The summed E-state index contributed by atoms with van der Waals surface area (Å²) in [5, 5.41) is 23.1. The van der Waals surface area contributed by atoms with Crippen LogP contribution in [0.15, 0.2) is 34.6 Å². The molecule has 0 aromatic heterocycles. The molecule has 0 saturated heterocycles. The Hall–Kier alpha value is -2.45. The molecule has 1 unspecified atom stereocenters. The van der Waals surface area contributed by atoms with Crippen molar-refractivity contribution in [3.8, 4) is 0 Å². The minimum absolute atomic E-state index is 0.0615. The number of esters is 3. The highest BCUT2D eigenvalue weighted by Crippen LogP contribution is 2.58.